The topological polar surface area (TPSA) is 129 Å². The average Bonchev–Trinajstić information content (AvgIpc) is 3.59. The van der Waals surface area contributed by atoms with Crippen LogP contribution in [0.4, 0.5) is 0 Å². The molecular formula is C34H34MnN4O4. The van der Waals surface area contributed by atoms with Crippen LogP contribution in [-0.4, -0.2) is 32.1 Å². The first kappa shape index (κ1) is 31.7. The van der Waals surface area contributed by atoms with Crippen LogP contribution in [0.25, 0.3) is 44.4 Å². The molecule has 9 heteroatoms. The molecule has 43 heavy (non-hydrogen) atoms. The molecule has 0 spiro atoms. The van der Waals surface area contributed by atoms with E-state index in [0.717, 1.165) is 79.1 Å². The first-order valence-corrected chi connectivity index (χ1v) is 14.1. The van der Waals surface area contributed by atoms with Crippen LogP contribution in [-0.2, 0) is 39.5 Å². The van der Waals surface area contributed by atoms with Gasteiger partial charge in [0.2, 0.25) is 0 Å². The van der Waals surface area contributed by atoms with Crippen molar-refractivity contribution in [3.63, 3.8) is 0 Å². The maximum absolute atomic E-state index is 11.5. The molecule has 0 fully saturated rings. The maximum atomic E-state index is 11.5. The summed E-state index contributed by atoms with van der Waals surface area (Å²) in [4.78, 5) is 42.9. The van der Waals surface area contributed by atoms with Crippen LogP contribution in [0.3, 0.4) is 0 Å². The fourth-order valence-corrected chi connectivity index (χ4v) is 5.83. The third-order valence-electron chi connectivity index (χ3n) is 8.30. The minimum absolute atomic E-state index is 0. The number of hydrogen-bond donors (Lipinski definition) is 2. The van der Waals surface area contributed by atoms with E-state index in [2.05, 4.69) is 20.4 Å². The summed E-state index contributed by atoms with van der Waals surface area (Å²) in [7, 11) is 0. The van der Waals surface area contributed by atoms with Gasteiger partial charge in [-0.2, -0.15) is 0 Å². The Morgan fingerprint density at radius 2 is 1.23 bits per heavy atom. The Bertz CT molecular complexity index is 1890. The number of aliphatic carboxylic acids is 2. The Morgan fingerprint density at radius 1 is 0.744 bits per heavy atom. The summed E-state index contributed by atoms with van der Waals surface area (Å²) in [6.07, 6.45) is 3.14. The molecule has 2 aliphatic heterocycles. The molecule has 0 amide bonds. The summed E-state index contributed by atoms with van der Waals surface area (Å²) in [5.74, 6) is -1.77. The molecule has 221 valence electrons. The number of carbonyl (C=O) groups is 2. The summed E-state index contributed by atoms with van der Waals surface area (Å²) in [6.45, 7) is 14.1. The summed E-state index contributed by atoms with van der Waals surface area (Å²) in [5, 5.41) is 18.9. The molecule has 1 radical (unpaired) electrons. The summed E-state index contributed by atoms with van der Waals surface area (Å²) in [6, 6.07) is 7.77. The quantitative estimate of drug-likeness (QED) is 0.268. The van der Waals surface area contributed by atoms with E-state index in [-0.39, 0.29) is 29.9 Å². The van der Waals surface area contributed by atoms with Gasteiger partial charge in [-0.15, -0.1) is 22.1 Å². The van der Waals surface area contributed by atoms with E-state index in [1.807, 2.05) is 51.1 Å². The van der Waals surface area contributed by atoms with Gasteiger partial charge in [0.05, 0.1) is 22.8 Å². The molecule has 2 aliphatic rings. The van der Waals surface area contributed by atoms with Gasteiger partial charge in [-0.3, -0.25) is 9.59 Å². The molecule has 0 saturated heterocycles. The summed E-state index contributed by atoms with van der Waals surface area (Å²) >= 11 is 0. The third kappa shape index (κ3) is 6.01. The van der Waals surface area contributed by atoms with E-state index in [0.29, 0.717) is 29.6 Å². The van der Waals surface area contributed by atoms with Crippen molar-refractivity contribution in [2.45, 2.75) is 66.7 Å². The van der Waals surface area contributed by atoms with Gasteiger partial charge < -0.3 is 20.2 Å². The summed E-state index contributed by atoms with van der Waals surface area (Å²) in [5.41, 5.74) is 13.4. The zero-order valence-corrected chi connectivity index (χ0v) is 26.2. The predicted molar refractivity (Wildman–Crippen MR) is 166 cm³/mol. The van der Waals surface area contributed by atoms with Crippen LogP contribution in [0, 0.1) is 13.8 Å². The SMILES string of the molecule is C=CC1=C(C)c2cc3[n-]c(cc4nc(cc5[n-]c(cc1n2)c(C)c5CC)C(C)=C4CCC(=O)O)c(CCC(=O)O)c3C.[Mn+2]. The second-order valence-corrected chi connectivity index (χ2v) is 10.8. The van der Waals surface area contributed by atoms with Gasteiger partial charge in [0, 0.05) is 18.4 Å². The molecule has 0 aliphatic carbocycles. The van der Waals surface area contributed by atoms with Crippen molar-refractivity contribution in [1.82, 2.24) is 19.9 Å². The van der Waals surface area contributed by atoms with Crippen molar-refractivity contribution in [1.29, 1.82) is 0 Å². The van der Waals surface area contributed by atoms with Crippen LogP contribution in [0.1, 0.15) is 85.1 Å². The Morgan fingerprint density at radius 3 is 1.84 bits per heavy atom. The third-order valence-corrected chi connectivity index (χ3v) is 8.30. The van der Waals surface area contributed by atoms with Gasteiger partial charge >= 0.3 is 29.0 Å². The van der Waals surface area contributed by atoms with Crippen molar-refractivity contribution in [3.05, 3.63) is 81.9 Å². The molecule has 0 saturated carbocycles. The number of aryl methyl sites for hydroxylation is 4. The standard InChI is InChI=1S/C34H36N4O4.Mn/c1-7-21-17(3)25-13-26-19(5)23(9-11-33(39)40)31(37-26)16-32-24(10-12-34(41)42)20(6)28(38-32)15-30-22(8-2)18(4)27(36-30)14-29(21)35-25;/h7,13-16H,1,8-12H2,2-6H3,(H4,35,36,37,38,39,40,41,42);/q;+2/p-2. The predicted octanol–water partition coefficient (Wildman–Crippen LogP) is 6.68. The average molecular weight is 618 g/mol. The molecule has 8 nitrogen and oxygen atoms in total. The number of allylic oxidation sites excluding steroid dienone is 5. The van der Waals surface area contributed by atoms with Gasteiger partial charge in [-0.1, -0.05) is 66.1 Å². The first-order valence-electron chi connectivity index (χ1n) is 14.1. The van der Waals surface area contributed by atoms with E-state index in [9.17, 15) is 19.8 Å². The van der Waals surface area contributed by atoms with E-state index in [4.69, 9.17) is 19.9 Å². The minimum Gasteiger partial charge on any atom is -0.657 e. The minimum atomic E-state index is -0.889. The van der Waals surface area contributed by atoms with E-state index in [1.54, 1.807) is 0 Å². The van der Waals surface area contributed by atoms with Gasteiger partial charge in [-0.05, 0) is 63.7 Å². The number of hydrogen-bond acceptors (Lipinski definition) is 4. The Hall–Kier alpha value is -4.20. The normalized spacial score (nSPS) is 12.9. The molecule has 8 bridgehead atoms. The fourth-order valence-electron chi connectivity index (χ4n) is 5.83. The fraction of sp³-hybridized carbons (Fsp3) is 0.294. The number of carboxylic acid groups (broad SMARTS) is 2. The van der Waals surface area contributed by atoms with Crippen LogP contribution in [0.2, 0.25) is 0 Å². The summed E-state index contributed by atoms with van der Waals surface area (Å²) < 4.78 is 0. The Kier molecular flexibility index (Phi) is 9.28. The van der Waals surface area contributed by atoms with Crippen LogP contribution in [0.5, 0.6) is 0 Å². The number of rotatable bonds is 8. The molecule has 0 aromatic carbocycles. The van der Waals surface area contributed by atoms with E-state index >= 15 is 0 Å². The Labute approximate surface area is 261 Å². The van der Waals surface area contributed by atoms with Crippen molar-refractivity contribution in [2.24, 2.45) is 0 Å². The molecule has 3 aromatic rings. The number of aromatic nitrogens is 4. The van der Waals surface area contributed by atoms with Gasteiger partial charge in [0.1, 0.15) is 0 Å². The van der Waals surface area contributed by atoms with Crippen LogP contribution < -0.4 is 9.97 Å². The molecular weight excluding hydrogens is 583 g/mol. The monoisotopic (exact) mass is 617 g/mol. The molecule has 0 atom stereocenters. The molecule has 2 N–H and O–H groups in total. The Balaban J connectivity index is 0.00000423. The van der Waals surface area contributed by atoms with Crippen molar-refractivity contribution in [3.8, 4) is 0 Å². The smallest absolute Gasteiger partial charge is 0.657 e. The zero-order chi connectivity index (χ0) is 30.3. The van der Waals surface area contributed by atoms with Gasteiger partial charge in [0.25, 0.3) is 0 Å². The molecule has 5 rings (SSSR count). The van der Waals surface area contributed by atoms with Crippen LogP contribution >= 0.6 is 0 Å². The molecule has 5 heterocycles. The maximum Gasteiger partial charge on any atom is 2.00 e. The second kappa shape index (κ2) is 12.6. The number of carboxylic acids is 2. The number of fused-ring (bicyclic) bond motifs is 8. The first-order chi connectivity index (χ1) is 20.0. The largest absolute Gasteiger partial charge is 2.00 e. The zero-order valence-electron chi connectivity index (χ0n) is 25.0. The van der Waals surface area contributed by atoms with Gasteiger partial charge in [-0.25, -0.2) is 9.97 Å². The van der Waals surface area contributed by atoms with Gasteiger partial charge in [0.15, 0.2) is 0 Å². The van der Waals surface area contributed by atoms with E-state index < -0.39 is 11.9 Å². The van der Waals surface area contributed by atoms with Crippen molar-refractivity contribution < 1.29 is 36.9 Å². The molecule has 3 aromatic heterocycles. The second-order valence-electron chi connectivity index (χ2n) is 10.8. The van der Waals surface area contributed by atoms with Crippen molar-refractivity contribution >= 4 is 56.3 Å². The van der Waals surface area contributed by atoms with E-state index in [1.165, 1.54) is 0 Å². The van der Waals surface area contributed by atoms with Crippen LogP contribution in [0.15, 0.2) is 36.9 Å². The number of nitrogens with zero attached hydrogens (tertiary/aromatic N) is 4. The molecule has 0 unspecified atom stereocenters. The van der Waals surface area contributed by atoms with Crippen molar-refractivity contribution in [2.75, 3.05) is 0 Å².